The fraction of sp³-hybridized carbons (Fsp3) is 0.562. The first-order valence-electron chi connectivity index (χ1n) is 7.04. The standard InChI is InChI=1S/C16H22ClNO/c1-13(2)18(12-6-11-17)15(19)16(9-10-16)14-7-4-3-5-8-14/h3-5,7-8,13H,6,9-12H2,1-2H3. The number of amides is 1. The summed E-state index contributed by atoms with van der Waals surface area (Å²) < 4.78 is 0. The van der Waals surface area contributed by atoms with Gasteiger partial charge < -0.3 is 4.90 Å². The fourth-order valence-corrected chi connectivity index (χ4v) is 2.73. The van der Waals surface area contributed by atoms with Crippen molar-refractivity contribution in [1.29, 1.82) is 0 Å². The maximum absolute atomic E-state index is 12.9. The third kappa shape index (κ3) is 2.94. The van der Waals surface area contributed by atoms with Crippen LogP contribution in [0.5, 0.6) is 0 Å². The third-order valence-electron chi connectivity index (χ3n) is 3.90. The van der Waals surface area contributed by atoms with Gasteiger partial charge in [-0.2, -0.15) is 0 Å². The monoisotopic (exact) mass is 279 g/mol. The molecule has 1 saturated carbocycles. The van der Waals surface area contributed by atoms with Crippen LogP contribution in [-0.4, -0.2) is 29.3 Å². The molecule has 0 bridgehead atoms. The van der Waals surface area contributed by atoms with E-state index in [0.717, 1.165) is 31.4 Å². The summed E-state index contributed by atoms with van der Waals surface area (Å²) in [5.41, 5.74) is 0.911. The van der Waals surface area contributed by atoms with Crippen LogP contribution in [0.3, 0.4) is 0 Å². The van der Waals surface area contributed by atoms with Crippen LogP contribution in [0.4, 0.5) is 0 Å². The number of halogens is 1. The van der Waals surface area contributed by atoms with Crippen molar-refractivity contribution >= 4 is 17.5 Å². The van der Waals surface area contributed by atoms with E-state index in [-0.39, 0.29) is 17.4 Å². The van der Waals surface area contributed by atoms with E-state index in [1.165, 1.54) is 0 Å². The lowest BCUT2D eigenvalue weighted by Gasteiger charge is -2.31. The van der Waals surface area contributed by atoms with Gasteiger partial charge in [0.1, 0.15) is 0 Å². The highest BCUT2D eigenvalue weighted by molar-refractivity contribution is 6.17. The number of alkyl halides is 1. The zero-order valence-corrected chi connectivity index (χ0v) is 12.5. The first-order chi connectivity index (χ1) is 9.12. The summed E-state index contributed by atoms with van der Waals surface area (Å²) in [6, 6.07) is 10.4. The van der Waals surface area contributed by atoms with Gasteiger partial charge in [0, 0.05) is 18.5 Å². The zero-order chi connectivity index (χ0) is 13.9. The molecule has 0 spiro atoms. The number of nitrogens with zero attached hydrogens (tertiary/aromatic N) is 1. The van der Waals surface area contributed by atoms with E-state index in [1.54, 1.807) is 0 Å². The Hall–Kier alpha value is -1.02. The molecule has 0 unspecified atom stereocenters. The van der Waals surface area contributed by atoms with E-state index < -0.39 is 0 Å². The van der Waals surface area contributed by atoms with Gasteiger partial charge in [-0.05, 0) is 38.7 Å². The SMILES string of the molecule is CC(C)N(CCCCl)C(=O)C1(c2ccccc2)CC1. The molecule has 0 N–H and O–H groups in total. The van der Waals surface area contributed by atoms with Crippen molar-refractivity contribution in [1.82, 2.24) is 4.90 Å². The molecule has 1 aliphatic rings. The van der Waals surface area contributed by atoms with Crippen LogP contribution in [-0.2, 0) is 10.2 Å². The molecule has 0 aromatic heterocycles. The van der Waals surface area contributed by atoms with E-state index >= 15 is 0 Å². The Kier molecular flexibility index (Phi) is 4.51. The van der Waals surface area contributed by atoms with E-state index in [0.29, 0.717) is 5.88 Å². The van der Waals surface area contributed by atoms with Gasteiger partial charge in [0.15, 0.2) is 0 Å². The molecule has 3 heteroatoms. The van der Waals surface area contributed by atoms with Crippen LogP contribution in [0, 0.1) is 0 Å². The van der Waals surface area contributed by atoms with Gasteiger partial charge in [0.05, 0.1) is 5.41 Å². The van der Waals surface area contributed by atoms with Gasteiger partial charge in [-0.1, -0.05) is 30.3 Å². The summed E-state index contributed by atoms with van der Waals surface area (Å²) in [5.74, 6) is 0.883. The first-order valence-corrected chi connectivity index (χ1v) is 7.58. The summed E-state index contributed by atoms with van der Waals surface area (Å²) in [5, 5.41) is 0. The van der Waals surface area contributed by atoms with Crippen LogP contribution >= 0.6 is 11.6 Å². The molecule has 104 valence electrons. The van der Waals surface area contributed by atoms with E-state index in [9.17, 15) is 4.79 Å². The summed E-state index contributed by atoms with van der Waals surface area (Å²) in [6.45, 7) is 4.91. The Labute approximate surface area is 120 Å². The minimum atomic E-state index is -0.252. The molecule has 0 saturated heterocycles. The van der Waals surface area contributed by atoms with Gasteiger partial charge >= 0.3 is 0 Å². The van der Waals surface area contributed by atoms with E-state index in [2.05, 4.69) is 26.0 Å². The topological polar surface area (TPSA) is 20.3 Å². The van der Waals surface area contributed by atoms with Gasteiger partial charge in [0.2, 0.25) is 5.91 Å². The summed E-state index contributed by atoms with van der Waals surface area (Å²) >= 11 is 5.76. The van der Waals surface area contributed by atoms with Gasteiger partial charge in [-0.15, -0.1) is 11.6 Å². The van der Waals surface area contributed by atoms with E-state index in [4.69, 9.17) is 11.6 Å². The summed E-state index contributed by atoms with van der Waals surface area (Å²) in [7, 11) is 0. The molecule has 0 atom stereocenters. The van der Waals surface area contributed by atoms with Crippen molar-refractivity contribution in [2.24, 2.45) is 0 Å². The molecular weight excluding hydrogens is 258 g/mol. The van der Waals surface area contributed by atoms with Crippen molar-refractivity contribution in [2.45, 2.75) is 44.6 Å². The highest BCUT2D eigenvalue weighted by Gasteiger charge is 2.53. The average Bonchev–Trinajstić information content (AvgIpc) is 3.21. The van der Waals surface area contributed by atoms with Crippen LogP contribution in [0.15, 0.2) is 30.3 Å². The second-order valence-corrected chi connectivity index (χ2v) is 5.96. The highest BCUT2D eigenvalue weighted by Crippen LogP contribution is 2.49. The first kappa shape index (κ1) is 14.4. The molecule has 0 aliphatic heterocycles. The predicted octanol–water partition coefficient (Wildman–Crippen LogP) is 3.58. The van der Waals surface area contributed by atoms with Gasteiger partial charge in [-0.25, -0.2) is 0 Å². The Balaban J connectivity index is 2.17. The molecule has 1 fully saturated rings. The number of carbonyl (C=O) groups excluding carboxylic acids is 1. The molecule has 19 heavy (non-hydrogen) atoms. The number of hydrogen-bond donors (Lipinski definition) is 0. The molecule has 1 aliphatic carbocycles. The molecule has 1 aromatic carbocycles. The minimum absolute atomic E-state index is 0.233. The van der Waals surface area contributed by atoms with Crippen molar-refractivity contribution in [2.75, 3.05) is 12.4 Å². The molecule has 0 radical (unpaired) electrons. The second-order valence-electron chi connectivity index (χ2n) is 5.58. The molecule has 0 heterocycles. The van der Waals surface area contributed by atoms with Gasteiger partial charge in [-0.3, -0.25) is 4.79 Å². The maximum Gasteiger partial charge on any atom is 0.233 e. The zero-order valence-electron chi connectivity index (χ0n) is 11.7. The van der Waals surface area contributed by atoms with Crippen molar-refractivity contribution < 1.29 is 4.79 Å². The lowest BCUT2D eigenvalue weighted by atomic mass is 9.93. The Morgan fingerprint density at radius 2 is 1.95 bits per heavy atom. The van der Waals surface area contributed by atoms with Crippen LogP contribution < -0.4 is 0 Å². The maximum atomic E-state index is 12.9. The number of rotatable bonds is 6. The molecule has 2 rings (SSSR count). The van der Waals surface area contributed by atoms with E-state index in [1.807, 2.05) is 23.1 Å². The number of carbonyl (C=O) groups is 1. The average molecular weight is 280 g/mol. The number of hydrogen-bond acceptors (Lipinski definition) is 1. The summed E-state index contributed by atoms with van der Waals surface area (Å²) in [4.78, 5) is 14.8. The lowest BCUT2D eigenvalue weighted by Crippen LogP contribution is -2.44. The van der Waals surface area contributed by atoms with Crippen molar-refractivity contribution in [3.05, 3.63) is 35.9 Å². The normalized spacial score (nSPS) is 16.4. The lowest BCUT2D eigenvalue weighted by molar-refractivity contribution is -0.135. The van der Waals surface area contributed by atoms with Gasteiger partial charge in [0.25, 0.3) is 0 Å². The molecule has 1 amide bonds. The quantitative estimate of drug-likeness (QED) is 0.729. The van der Waals surface area contributed by atoms with Crippen molar-refractivity contribution in [3.63, 3.8) is 0 Å². The van der Waals surface area contributed by atoms with Crippen LogP contribution in [0.1, 0.15) is 38.7 Å². The van der Waals surface area contributed by atoms with Crippen LogP contribution in [0.25, 0.3) is 0 Å². The minimum Gasteiger partial charge on any atom is -0.339 e. The largest absolute Gasteiger partial charge is 0.339 e. The Bertz CT molecular complexity index is 426. The second kappa shape index (κ2) is 5.96. The summed E-state index contributed by atoms with van der Waals surface area (Å²) in [6.07, 6.45) is 2.80. The molecule has 1 aromatic rings. The highest BCUT2D eigenvalue weighted by atomic mass is 35.5. The van der Waals surface area contributed by atoms with Crippen LogP contribution in [0.2, 0.25) is 0 Å². The number of benzene rings is 1. The Morgan fingerprint density at radius 3 is 2.42 bits per heavy atom. The predicted molar refractivity (Wildman–Crippen MR) is 79.5 cm³/mol. The third-order valence-corrected chi connectivity index (χ3v) is 4.17. The van der Waals surface area contributed by atoms with Crippen molar-refractivity contribution in [3.8, 4) is 0 Å². The Morgan fingerprint density at radius 1 is 1.32 bits per heavy atom. The fourth-order valence-electron chi connectivity index (χ4n) is 2.61. The molecule has 2 nitrogen and oxygen atoms in total. The molecular formula is C16H22ClNO. The smallest absolute Gasteiger partial charge is 0.233 e.